The van der Waals surface area contributed by atoms with Gasteiger partial charge in [-0.1, -0.05) is 24.3 Å². The third kappa shape index (κ3) is 4.14. The fourth-order valence-electron chi connectivity index (χ4n) is 4.40. The minimum atomic E-state index is -1.32. The average molecular weight is 446 g/mol. The van der Waals surface area contributed by atoms with Gasteiger partial charge in [0.25, 0.3) is 5.91 Å². The maximum atomic E-state index is 14.1. The maximum absolute atomic E-state index is 14.1. The van der Waals surface area contributed by atoms with Gasteiger partial charge < -0.3 is 15.1 Å². The van der Waals surface area contributed by atoms with Crippen molar-refractivity contribution in [3.63, 3.8) is 0 Å². The molecule has 0 spiro atoms. The molecule has 1 amide bonds. The quantitative estimate of drug-likeness (QED) is 0.422. The topological polar surface area (TPSA) is 59.5 Å². The van der Waals surface area contributed by atoms with Crippen molar-refractivity contribution >= 4 is 16.9 Å². The van der Waals surface area contributed by atoms with Crippen LogP contribution in [0.5, 0.6) is 0 Å². The molecular formula is C27H24F2N2O2. The summed E-state index contributed by atoms with van der Waals surface area (Å²) in [6.45, 7) is 2.35. The molecule has 1 aliphatic heterocycles. The lowest BCUT2D eigenvalue weighted by Crippen LogP contribution is -2.31. The first-order valence-corrected chi connectivity index (χ1v) is 10.9. The maximum Gasteiger partial charge on any atom is 0.253 e. The number of rotatable bonds is 4. The normalized spacial score (nSPS) is 18.2. The molecule has 168 valence electrons. The zero-order valence-electron chi connectivity index (χ0n) is 18.3. The molecule has 0 bridgehead atoms. The molecule has 1 saturated heterocycles. The van der Waals surface area contributed by atoms with Gasteiger partial charge >= 0.3 is 0 Å². The zero-order chi connectivity index (χ0) is 23.2. The standard InChI is InChI=1S/C27H24F2N2O2/c1-27(29)10-11-31(16-27)26(32)19-4-2-17(3-5-19)20-12-21-13-23(15-30)33-25(21)24(14-20)18-6-8-22(28)9-7-18/h2-9,12-14H,10-11,15-16,30H2,1H3/t27-/m0/s1. The number of nitrogens with zero attached hydrogens (tertiary/aromatic N) is 1. The Morgan fingerprint density at radius 1 is 1.03 bits per heavy atom. The predicted octanol–water partition coefficient (Wildman–Crippen LogP) is 5.94. The number of likely N-dealkylation sites (tertiary alicyclic amines) is 1. The van der Waals surface area contributed by atoms with Crippen LogP contribution in [0, 0.1) is 5.82 Å². The highest BCUT2D eigenvalue weighted by Crippen LogP contribution is 2.36. The van der Waals surface area contributed by atoms with Gasteiger partial charge in [-0.2, -0.15) is 0 Å². The Morgan fingerprint density at radius 3 is 2.36 bits per heavy atom. The number of fused-ring (bicyclic) bond motifs is 1. The van der Waals surface area contributed by atoms with Crippen molar-refractivity contribution in [3.8, 4) is 22.3 Å². The first-order chi connectivity index (χ1) is 15.8. The Balaban J connectivity index is 1.52. The number of carbonyl (C=O) groups is 1. The van der Waals surface area contributed by atoms with Crippen LogP contribution >= 0.6 is 0 Å². The number of carbonyl (C=O) groups excluding carboxylic acids is 1. The van der Waals surface area contributed by atoms with E-state index in [-0.39, 0.29) is 24.8 Å². The average Bonchev–Trinajstić information content (AvgIpc) is 3.41. The van der Waals surface area contributed by atoms with Crippen LogP contribution in [-0.4, -0.2) is 29.6 Å². The lowest BCUT2D eigenvalue weighted by Gasteiger charge is -2.17. The molecule has 2 heterocycles. The number of furan rings is 1. The van der Waals surface area contributed by atoms with Crippen LogP contribution in [0.4, 0.5) is 8.78 Å². The summed E-state index contributed by atoms with van der Waals surface area (Å²) >= 11 is 0. The van der Waals surface area contributed by atoms with Gasteiger partial charge in [0.1, 0.15) is 22.8 Å². The number of amides is 1. The minimum Gasteiger partial charge on any atom is -0.459 e. The molecule has 6 heteroatoms. The molecule has 0 radical (unpaired) electrons. The van der Waals surface area contributed by atoms with E-state index >= 15 is 0 Å². The number of halogens is 2. The van der Waals surface area contributed by atoms with Gasteiger partial charge in [0, 0.05) is 29.5 Å². The second-order valence-electron chi connectivity index (χ2n) is 8.83. The highest BCUT2D eigenvalue weighted by atomic mass is 19.1. The van der Waals surface area contributed by atoms with Crippen molar-refractivity contribution in [3.05, 3.63) is 83.9 Å². The van der Waals surface area contributed by atoms with Gasteiger partial charge in [0.15, 0.2) is 0 Å². The van der Waals surface area contributed by atoms with Crippen molar-refractivity contribution < 1.29 is 18.0 Å². The largest absolute Gasteiger partial charge is 0.459 e. The van der Waals surface area contributed by atoms with Crippen LogP contribution in [-0.2, 0) is 6.54 Å². The Kier molecular flexibility index (Phi) is 5.25. The molecule has 0 unspecified atom stereocenters. The van der Waals surface area contributed by atoms with E-state index in [9.17, 15) is 13.6 Å². The second-order valence-corrected chi connectivity index (χ2v) is 8.83. The predicted molar refractivity (Wildman–Crippen MR) is 125 cm³/mol. The fourth-order valence-corrected chi connectivity index (χ4v) is 4.40. The molecule has 1 atom stereocenters. The van der Waals surface area contributed by atoms with Crippen LogP contribution in [0.1, 0.15) is 29.5 Å². The number of nitrogens with two attached hydrogens (primary N) is 1. The third-order valence-corrected chi connectivity index (χ3v) is 6.20. The van der Waals surface area contributed by atoms with Crippen LogP contribution in [0.3, 0.4) is 0 Å². The monoisotopic (exact) mass is 446 g/mol. The Labute approximate surface area is 190 Å². The number of hydrogen-bond acceptors (Lipinski definition) is 3. The third-order valence-electron chi connectivity index (χ3n) is 6.20. The fraction of sp³-hybridized carbons (Fsp3) is 0.222. The molecule has 1 fully saturated rings. The smallest absolute Gasteiger partial charge is 0.253 e. The van der Waals surface area contributed by atoms with Gasteiger partial charge in [0.05, 0.1) is 13.1 Å². The van der Waals surface area contributed by atoms with Gasteiger partial charge in [-0.3, -0.25) is 4.79 Å². The van der Waals surface area contributed by atoms with Crippen molar-refractivity contribution in [2.24, 2.45) is 5.73 Å². The van der Waals surface area contributed by atoms with E-state index in [0.29, 0.717) is 29.9 Å². The van der Waals surface area contributed by atoms with Crippen molar-refractivity contribution in [1.29, 1.82) is 0 Å². The van der Waals surface area contributed by atoms with Crippen LogP contribution < -0.4 is 5.73 Å². The van der Waals surface area contributed by atoms with Gasteiger partial charge in [-0.15, -0.1) is 0 Å². The number of benzene rings is 3. The van der Waals surface area contributed by atoms with E-state index in [2.05, 4.69) is 0 Å². The van der Waals surface area contributed by atoms with E-state index in [0.717, 1.165) is 27.6 Å². The molecule has 4 aromatic rings. The van der Waals surface area contributed by atoms with Crippen molar-refractivity contribution in [2.45, 2.75) is 25.6 Å². The molecule has 4 nitrogen and oxygen atoms in total. The van der Waals surface area contributed by atoms with Crippen LogP contribution in [0.25, 0.3) is 33.2 Å². The van der Waals surface area contributed by atoms with E-state index in [1.807, 2.05) is 30.3 Å². The van der Waals surface area contributed by atoms with Gasteiger partial charge in [-0.05, 0) is 66.1 Å². The first-order valence-electron chi connectivity index (χ1n) is 10.9. The van der Waals surface area contributed by atoms with Crippen LogP contribution in [0.15, 0.2) is 71.1 Å². The summed E-state index contributed by atoms with van der Waals surface area (Å²) in [5, 5.41) is 0.895. The van der Waals surface area contributed by atoms with Crippen molar-refractivity contribution in [2.75, 3.05) is 13.1 Å². The number of alkyl halides is 1. The SMILES string of the molecule is C[C@]1(F)CCN(C(=O)c2ccc(-c3cc(-c4ccc(F)cc4)c4oc(CN)cc4c3)cc2)C1. The summed E-state index contributed by atoms with van der Waals surface area (Å²) in [7, 11) is 0. The zero-order valence-corrected chi connectivity index (χ0v) is 18.3. The molecule has 0 saturated carbocycles. The van der Waals surface area contributed by atoms with Crippen molar-refractivity contribution in [1.82, 2.24) is 4.90 Å². The molecule has 1 aromatic heterocycles. The Morgan fingerprint density at radius 2 is 1.73 bits per heavy atom. The van der Waals surface area contributed by atoms with Gasteiger partial charge in [0.2, 0.25) is 0 Å². The second kappa shape index (κ2) is 8.12. The Bertz CT molecular complexity index is 1330. The molecule has 3 aromatic carbocycles. The van der Waals surface area contributed by atoms with Crippen LogP contribution in [0.2, 0.25) is 0 Å². The summed E-state index contributed by atoms with van der Waals surface area (Å²) in [5.41, 5.74) is 9.20. The van der Waals surface area contributed by atoms with E-state index in [4.69, 9.17) is 10.2 Å². The van der Waals surface area contributed by atoms with E-state index in [1.54, 1.807) is 29.2 Å². The minimum absolute atomic E-state index is 0.120. The lowest BCUT2D eigenvalue weighted by atomic mass is 9.96. The summed E-state index contributed by atoms with van der Waals surface area (Å²) in [5.74, 6) is 0.198. The molecule has 5 rings (SSSR count). The lowest BCUT2D eigenvalue weighted by molar-refractivity contribution is 0.0760. The Hall–Kier alpha value is -3.51. The highest BCUT2D eigenvalue weighted by Gasteiger charge is 2.36. The highest BCUT2D eigenvalue weighted by molar-refractivity contribution is 5.98. The van der Waals surface area contributed by atoms with E-state index < -0.39 is 5.67 Å². The van der Waals surface area contributed by atoms with E-state index in [1.165, 1.54) is 19.1 Å². The molecular weight excluding hydrogens is 422 g/mol. The first kappa shape index (κ1) is 21.3. The molecule has 1 aliphatic rings. The summed E-state index contributed by atoms with van der Waals surface area (Å²) < 4.78 is 33.6. The molecule has 33 heavy (non-hydrogen) atoms. The van der Waals surface area contributed by atoms with Gasteiger partial charge in [-0.25, -0.2) is 8.78 Å². The summed E-state index contributed by atoms with van der Waals surface area (Å²) in [6.07, 6.45) is 0.360. The molecule has 0 aliphatic carbocycles. The number of hydrogen-bond donors (Lipinski definition) is 1. The summed E-state index contributed by atoms with van der Waals surface area (Å²) in [4.78, 5) is 14.3. The summed E-state index contributed by atoms with van der Waals surface area (Å²) in [6, 6.07) is 19.5. The molecule has 2 N–H and O–H groups in total.